The number of hydrogen-bond donors (Lipinski definition) is 1. The first-order valence-corrected chi connectivity index (χ1v) is 11.1. The Bertz CT molecular complexity index is 1470. The summed E-state index contributed by atoms with van der Waals surface area (Å²) in [5.41, 5.74) is 1.12. The molecule has 5 rings (SSSR count). The summed E-state index contributed by atoms with van der Waals surface area (Å²) in [6.45, 7) is 0. The lowest BCUT2D eigenvalue weighted by Gasteiger charge is -2.27. The molecule has 4 aromatic rings. The minimum absolute atomic E-state index is 0.0247. The predicted molar refractivity (Wildman–Crippen MR) is 128 cm³/mol. The van der Waals surface area contributed by atoms with E-state index < -0.39 is 29.3 Å². The lowest BCUT2D eigenvalue weighted by Crippen LogP contribution is -2.31. The number of ketones is 1. The van der Waals surface area contributed by atoms with Gasteiger partial charge in [-0.15, -0.1) is 0 Å². The molecule has 1 unspecified atom stereocenters. The van der Waals surface area contributed by atoms with Crippen molar-refractivity contribution in [3.8, 4) is 5.75 Å². The maximum Gasteiger partial charge on any atom is 0.294 e. The van der Waals surface area contributed by atoms with Crippen molar-refractivity contribution >= 4 is 44.3 Å². The molecule has 6 nitrogen and oxygen atoms in total. The van der Waals surface area contributed by atoms with Crippen molar-refractivity contribution < 1.29 is 28.2 Å². The average Bonchev–Trinajstić information content (AvgIpc) is 3.37. The normalized spacial score (nSPS) is 15.9. The number of fused-ring (bicyclic) bond motifs is 1. The van der Waals surface area contributed by atoms with Crippen LogP contribution < -0.4 is 9.64 Å². The number of hydrogen-bond acceptors (Lipinski definition) is 5. The molecule has 1 atom stereocenters. The number of ether oxygens (including phenoxy) is 1. The number of rotatable bonds is 5. The molecular formula is C26H17BrFNO5. The number of carbonyl (C=O) groups excluding carboxylic acids is 2. The van der Waals surface area contributed by atoms with Crippen molar-refractivity contribution in [2.24, 2.45) is 0 Å². The largest absolute Gasteiger partial charge is 0.503 e. The van der Waals surface area contributed by atoms with Gasteiger partial charge in [-0.1, -0.05) is 34.1 Å². The maximum atomic E-state index is 13.7. The number of aliphatic hydroxyl groups excluding tert-OH is 1. The van der Waals surface area contributed by atoms with E-state index in [2.05, 4.69) is 15.9 Å². The molecule has 1 aromatic heterocycles. The van der Waals surface area contributed by atoms with Crippen LogP contribution in [0.2, 0.25) is 0 Å². The van der Waals surface area contributed by atoms with Crippen molar-refractivity contribution in [3.05, 3.63) is 106 Å². The lowest BCUT2D eigenvalue weighted by molar-refractivity contribution is -0.117. The molecule has 34 heavy (non-hydrogen) atoms. The molecule has 0 saturated carbocycles. The van der Waals surface area contributed by atoms with E-state index in [1.807, 2.05) is 0 Å². The molecular weight excluding hydrogens is 505 g/mol. The van der Waals surface area contributed by atoms with Gasteiger partial charge < -0.3 is 14.3 Å². The molecule has 3 aromatic carbocycles. The van der Waals surface area contributed by atoms with Crippen molar-refractivity contribution in [3.63, 3.8) is 0 Å². The molecule has 0 bridgehead atoms. The minimum Gasteiger partial charge on any atom is -0.503 e. The summed E-state index contributed by atoms with van der Waals surface area (Å²) in [6, 6.07) is 18.0. The summed E-state index contributed by atoms with van der Waals surface area (Å²) in [7, 11) is 1.47. The van der Waals surface area contributed by atoms with Crippen LogP contribution in [0.25, 0.3) is 11.0 Å². The number of furan rings is 1. The zero-order valence-electron chi connectivity index (χ0n) is 17.8. The fourth-order valence-electron chi connectivity index (χ4n) is 4.15. The van der Waals surface area contributed by atoms with Crippen LogP contribution in [0.4, 0.5) is 10.1 Å². The van der Waals surface area contributed by atoms with E-state index in [-0.39, 0.29) is 11.3 Å². The van der Waals surface area contributed by atoms with Gasteiger partial charge in [0.2, 0.25) is 5.78 Å². The Morgan fingerprint density at radius 1 is 1.09 bits per heavy atom. The van der Waals surface area contributed by atoms with Gasteiger partial charge >= 0.3 is 0 Å². The molecule has 170 valence electrons. The van der Waals surface area contributed by atoms with Crippen molar-refractivity contribution in [1.82, 2.24) is 0 Å². The van der Waals surface area contributed by atoms with Crippen molar-refractivity contribution in [2.75, 3.05) is 12.0 Å². The smallest absolute Gasteiger partial charge is 0.294 e. The van der Waals surface area contributed by atoms with Gasteiger partial charge in [-0.05, 0) is 54.6 Å². The zero-order valence-corrected chi connectivity index (χ0v) is 19.4. The molecule has 0 saturated heterocycles. The summed E-state index contributed by atoms with van der Waals surface area (Å²) in [4.78, 5) is 28.1. The van der Waals surface area contributed by atoms with E-state index in [0.717, 1.165) is 4.47 Å². The number of aliphatic hydroxyl groups is 1. The Kier molecular flexibility index (Phi) is 5.45. The predicted octanol–water partition coefficient (Wildman–Crippen LogP) is 6.13. The highest BCUT2D eigenvalue weighted by Crippen LogP contribution is 2.45. The number of Topliss-reactive ketones (excluding diaryl/α,β-unsaturated/α-hetero) is 1. The monoisotopic (exact) mass is 521 g/mol. The second-order valence-electron chi connectivity index (χ2n) is 7.68. The van der Waals surface area contributed by atoms with E-state index in [1.54, 1.807) is 48.5 Å². The summed E-state index contributed by atoms with van der Waals surface area (Å²) >= 11 is 3.39. The van der Waals surface area contributed by atoms with Gasteiger partial charge in [-0.3, -0.25) is 14.5 Å². The zero-order chi connectivity index (χ0) is 24.0. The van der Waals surface area contributed by atoms with Gasteiger partial charge in [0.1, 0.15) is 17.1 Å². The number of para-hydroxylation sites is 1. The Balaban J connectivity index is 1.69. The SMILES string of the molecule is COc1ccccc1C1C(C(=O)c2cc3cc(Br)ccc3o2)=C(O)C(=O)N1c1ccc(F)cc1. The van der Waals surface area contributed by atoms with E-state index in [4.69, 9.17) is 9.15 Å². The molecule has 0 fully saturated rings. The summed E-state index contributed by atoms with van der Waals surface area (Å²) in [5, 5.41) is 11.6. The topological polar surface area (TPSA) is 80.0 Å². The lowest BCUT2D eigenvalue weighted by atomic mass is 9.94. The quantitative estimate of drug-likeness (QED) is 0.319. The molecule has 8 heteroatoms. The highest BCUT2D eigenvalue weighted by molar-refractivity contribution is 9.10. The maximum absolute atomic E-state index is 13.7. The van der Waals surface area contributed by atoms with Crippen LogP contribution in [0, 0.1) is 5.82 Å². The highest BCUT2D eigenvalue weighted by atomic mass is 79.9. The van der Waals surface area contributed by atoms with E-state index in [0.29, 0.717) is 28.0 Å². The van der Waals surface area contributed by atoms with Crippen LogP contribution >= 0.6 is 15.9 Å². The third-order valence-electron chi connectivity index (χ3n) is 5.69. The molecule has 1 amide bonds. The molecule has 1 N–H and O–H groups in total. The van der Waals surface area contributed by atoms with E-state index in [9.17, 15) is 19.1 Å². The van der Waals surface area contributed by atoms with Gasteiger partial charge in [-0.2, -0.15) is 0 Å². The number of benzene rings is 3. The van der Waals surface area contributed by atoms with Gasteiger partial charge in [-0.25, -0.2) is 4.39 Å². The van der Waals surface area contributed by atoms with Gasteiger partial charge in [0.05, 0.1) is 18.7 Å². The second kappa shape index (κ2) is 8.46. The molecule has 1 aliphatic heterocycles. The summed E-state index contributed by atoms with van der Waals surface area (Å²) < 4.78 is 25.6. The van der Waals surface area contributed by atoms with Crippen LogP contribution in [0.5, 0.6) is 5.75 Å². The fourth-order valence-corrected chi connectivity index (χ4v) is 4.53. The van der Waals surface area contributed by atoms with Gasteiger partial charge in [0.15, 0.2) is 11.5 Å². The number of amides is 1. The van der Waals surface area contributed by atoms with Crippen LogP contribution in [0.15, 0.2) is 93.0 Å². The number of nitrogens with zero attached hydrogens (tertiary/aromatic N) is 1. The van der Waals surface area contributed by atoms with Crippen molar-refractivity contribution in [1.29, 1.82) is 0 Å². The van der Waals surface area contributed by atoms with Crippen LogP contribution in [0.3, 0.4) is 0 Å². The Labute approximate surface area is 202 Å². The first-order chi connectivity index (χ1) is 16.4. The molecule has 2 heterocycles. The standard InChI is InChI=1S/C26H17BrFNO5/c1-33-20-5-3-2-4-18(20)23-22(24(30)21-13-14-12-15(27)6-11-19(14)34-21)25(31)26(32)29(23)17-9-7-16(28)8-10-17/h2-13,23,31H,1H3. The first-order valence-electron chi connectivity index (χ1n) is 10.3. The van der Waals surface area contributed by atoms with Crippen LogP contribution in [0.1, 0.15) is 22.2 Å². The summed E-state index contributed by atoms with van der Waals surface area (Å²) in [5.74, 6) is -2.22. The van der Waals surface area contributed by atoms with Crippen molar-refractivity contribution in [2.45, 2.75) is 6.04 Å². The average molecular weight is 522 g/mol. The molecule has 0 spiro atoms. The Hall–Kier alpha value is -3.91. The number of methoxy groups -OCH3 is 1. The highest BCUT2D eigenvalue weighted by Gasteiger charge is 2.46. The summed E-state index contributed by atoms with van der Waals surface area (Å²) in [6.07, 6.45) is 0. The minimum atomic E-state index is -1.03. The Morgan fingerprint density at radius 3 is 2.56 bits per heavy atom. The third kappa shape index (κ3) is 3.56. The number of halogens is 2. The number of carbonyl (C=O) groups is 2. The fraction of sp³-hybridized carbons (Fsp3) is 0.0769. The molecule has 1 aliphatic rings. The number of anilines is 1. The first kappa shape index (κ1) is 21.9. The second-order valence-corrected chi connectivity index (χ2v) is 8.60. The molecule has 0 radical (unpaired) electrons. The third-order valence-corrected chi connectivity index (χ3v) is 6.19. The van der Waals surface area contributed by atoms with Gasteiger partial charge in [0, 0.05) is 21.1 Å². The van der Waals surface area contributed by atoms with E-state index >= 15 is 0 Å². The Morgan fingerprint density at radius 2 is 1.82 bits per heavy atom. The molecule has 0 aliphatic carbocycles. The van der Waals surface area contributed by atoms with Crippen LogP contribution in [-0.2, 0) is 4.79 Å². The van der Waals surface area contributed by atoms with Crippen LogP contribution in [-0.4, -0.2) is 23.9 Å². The van der Waals surface area contributed by atoms with Gasteiger partial charge in [0.25, 0.3) is 5.91 Å². The van der Waals surface area contributed by atoms with E-state index in [1.165, 1.54) is 36.3 Å².